The fraction of sp³-hybridized carbons (Fsp3) is 0.385. The van der Waals surface area contributed by atoms with Crippen LogP contribution >= 0.6 is 0 Å². The normalized spacial score (nSPS) is 12.2. The maximum atomic E-state index is 9.97. The minimum atomic E-state index is -0.238. The van der Waals surface area contributed by atoms with Crippen LogP contribution in [0.3, 0.4) is 0 Å². The number of para-hydroxylation sites is 1. The predicted molar refractivity (Wildman–Crippen MR) is 65.6 cm³/mol. The molecule has 16 heavy (non-hydrogen) atoms. The fourth-order valence-electron chi connectivity index (χ4n) is 1.60. The Labute approximate surface area is 96.5 Å². The number of rotatable bonds is 5. The molecule has 3 heteroatoms. The fourth-order valence-corrected chi connectivity index (χ4v) is 1.60. The van der Waals surface area contributed by atoms with Crippen molar-refractivity contribution in [3.63, 3.8) is 0 Å². The van der Waals surface area contributed by atoms with Crippen molar-refractivity contribution in [2.75, 3.05) is 6.61 Å². The van der Waals surface area contributed by atoms with Crippen LogP contribution in [-0.4, -0.2) is 11.7 Å². The molecule has 0 fully saturated rings. The largest absolute Gasteiger partial charge is 0.504 e. The lowest BCUT2D eigenvalue weighted by atomic mass is 10.00. The van der Waals surface area contributed by atoms with Crippen molar-refractivity contribution in [2.24, 2.45) is 5.73 Å². The van der Waals surface area contributed by atoms with E-state index in [9.17, 15) is 5.11 Å². The molecular weight excluding hydrogens is 202 g/mol. The highest BCUT2D eigenvalue weighted by atomic mass is 16.5. The molecule has 0 radical (unpaired) electrons. The molecule has 0 aliphatic rings. The van der Waals surface area contributed by atoms with Gasteiger partial charge in [0.2, 0.25) is 0 Å². The molecule has 3 nitrogen and oxygen atoms in total. The smallest absolute Gasteiger partial charge is 0.162 e. The molecule has 0 unspecified atom stereocenters. The third-order valence-electron chi connectivity index (χ3n) is 2.30. The average molecular weight is 221 g/mol. The summed E-state index contributed by atoms with van der Waals surface area (Å²) in [5.74, 6) is 0.621. The van der Waals surface area contributed by atoms with Gasteiger partial charge in [-0.3, -0.25) is 0 Å². The molecule has 1 rings (SSSR count). The van der Waals surface area contributed by atoms with Crippen LogP contribution in [0, 0.1) is 0 Å². The molecule has 3 N–H and O–H groups in total. The van der Waals surface area contributed by atoms with Crippen molar-refractivity contribution in [3.8, 4) is 11.5 Å². The minimum Gasteiger partial charge on any atom is -0.504 e. The summed E-state index contributed by atoms with van der Waals surface area (Å²) in [5.41, 5.74) is 7.68. The molecule has 0 saturated heterocycles. The Morgan fingerprint density at radius 2 is 2.25 bits per heavy atom. The van der Waals surface area contributed by atoms with Crippen LogP contribution in [0.25, 0.3) is 0 Å². The van der Waals surface area contributed by atoms with E-state index in [-0.39, 0.29) is 11.8 Å². The first-order chi connectivity index (χ1) is 7.56. The molecule has 0 aliphatic carbocycles. The van der Waals surface area contributed by atoms with Crippen LogP contribution in [0.15, 0.2) is 30.4 Å². The van der Waals surface area contributed by atoms with Crippen molar-refractivity contribution >= 4 is 0 Å². The van der Waals surface area contributed by atoms with Gasteiger partial charge < -0.3 is 15.6 Å². The molecular formula is C13H19NO2. The summed E-state index contributed by atoms with van der Waals surface area (Å²) in [4.78, 5) is 0. The van der Waals surface area contributed by atoms with Gasteiger partial charge in [0.05, 0.1) is 6.61 Å². The Morgan fingerprint density at radius 3 is 2.81 bits per heavy atom. The van der Waals surface area contributed by atoms with Gasteiger partial charge in [-0.15, -0.1) is 6.58 Å². The van der Waals surface area contributed by atoms with Crippen molar-refractivity contribution < 1.29 is 9.84 Å². The van der Waals surface area contributed by atoms with Crippen molar-refractivity contribution in [1.82, 2.24) is 0 Å². The van der Waals surface area contributed by atoms with Crippen molar-refractivity contribution in [1.29, 1.82) is 0 Å². The zero-order chi connectivity index (χ0) is 12.1. The van der Waals surface area contributed by atoms with E-state index in [1.165, 1.54) is 0 Å². The van der Waals surface area contributed by atoms with Gasteiger partial charge in [0.15, 0.2) is 11.5 Å². The first kappa shape index (κ1) is 12.6. The Bertz CT molecular complexity index is 374. The number of aromatic hydroxyl groups is 1. The highest BCUT2D eigenvalue weighted by molar-refractivity contribution is 5.47. The standard InChI is InChI=1S/C13H19NO2/c1-4-16-12-7-5-6-10(13(12)15)11(14)8-9(2)3/h5-7,11,15H,2,4,8,14H2,1,3H3/t11-/m0/s1. The predicted octanol–water partition coefficient (Wildman–Crippen LogP) is 2.76. The molecule has 0 aliphatic heterocycles. The van der Waals surface area contributed by atoms with Crippen molar-refractivity contribution in [2.45, 2.75) is 26.3 Å². The summed E-state index contributed by atoms with van der Waals surface area (Å²) in [5, 5.41) is 9.97. The van der Waals surface area contributed by atoms with Crippen molar-refractivity contribution in [3.05, 3.63) is 35.9 Å². The van der Waals surface area contributed by atoms with E-state index in [1.807, 2.05) is 26.0 Å². The first-order valence-corrected chi connectivity index (χ1v) is 5.40. The summed E-state index contributed by atoms with van der Waals surface area (Å²) < 4.78 is 5.30. The maximum absolute atomic E-state index is 9.97. The van der Waals surface area contributed by atoms with Gasteiger partial charge in [0.1, 0.15) is 0 Å². The third-order valence-corrected chi connectivity index (χ3v) is 2.30. The zero-order valence-corrected chi connectivity index (χ0v) is 9.86. The van der Waals surface area contributed by atoms with Gasteiger partial charge >= 0.3 is 0 Å². The van der Waals surface area contributed by atoms with E-state index in [2.05, 4.69) is 6.58 Å². The second-order valence-corrected chi connectivity index (χ2v) is 3.89. The van der Waals surface area contributed by atoms with Crippen LogP contribution in [0.1, 0.15) is 31.9 Å². The van der Waals surface area contributed by atoms with E-state index in [1.54, 1.807) is 6.07 Å². The summed E-state index contributed by atoms with van der Waals surface area (Å²) >= 11 is 0. The Hall–Kier alpha value is -1.48. The van der Waals surface area contributed by atoms with E-state index in [0.29, 0.717) is 24.3 Å². The molecule has 1 aromatic carbocycles. The van der Waals surface area contributed by atoms with Crippen LogP contribution in [0.4, 0.5) is 0 Å². The SMILES string of the molecule is C=C(C)C[C@H](N)c1cccc(OCC)c1O. The number of phenolic OH excluding ortho intramolecular Hbond substituents is 1. The first-order valence-electron chi connectivity index (χ1n) is 5.40. The number of benzene rings is 1. The monoisotopic (exact) mass is 221 g/mol. The van der Waals surface area contributed by atoms with Gasteiger partial charge in [-0.05, 0) is 26.3 Å². The summed E-state index contributed by atoms with van der Waals surface area (Å²) in [6.07, 6.45) is 0.656. The summed E-state index contributed by atoms with van der Waals surface area (Å²) in [6.45, 7) is 8.13. The number of nitrogens with two attached hydrogens (primary N) is 1. The van der Waals surface area contributed by atoms with Crippen LogP contribution < -0.4 is 10.5 Å². The Balaban J connectivity index is 2.95. The molecule has 0 aromatic heterocycles. The number of hydrogen-bond acceptors (Lipinski definition) is 3. The van der Waals surface area contributed by atoms with Crippen LogP contribution in [-0.2, 0) is 0 Å². The van der Waals surface area contributed by atoms with Gasteiger partial charge in [-0.2, -0.15) is 0 Å². The van der Waals surface area contributed by atoms with E-state index < -0.39 is 0 Å². The van der Waals surface area contributed by atoms with E-state index >= 15 is 0 Å². The lowest BCUT2D eigenvalue weighted by Gasteiger charge is -2.15. The second kappa shape index (κ2) is 5.56. The van der Waals surface area contributed by atoms with Gasteiger partial charge in [-0.25, -0.2) is 0 Å². The maximum Gasteiger partial charge on any atom is 0.162 e. The zero-order valence-electron chi connectivity index (χ0n) is 9.86. The average Bonchev–Trinajstić information content (AvgIpc) is 2.20. The molecule has 1 atom stereocenters. The van der Waals surface area contributed by atoms with E-state index in [0.717, 1.165) is 5.57 Å². The highest BCUT2D eigenvalue weighted by Gasteiger charge is 2.14. The lowest BCUT2D eigenvalue weighted by Crippen LogP contribution is -2.11. The molecule has 1 aromatic rings. The van der Waals surface area contributed by atoms with Gasteiger partial charge in [0, 0.05) is 11.6 Å². The Kier molecular flexibility index (Phi) is 4.38. The number of phenols is 1. The Morgan fingerprint density at radius 1 is 1.56 bits per heavy atom. The summed E-state index contributed by atoms with van der Waals surface area (Å²) in [6, 6.07) is 5.14. The second-order valence-electron chi connectivity index (χ2n) is 3.89. The molecule has 0 amide bonds. The van der Waals surface area contributed by atoms with Crippen LogP contribution in [0.5, 0.6) is 11.5 Å². The van der Waals surface area contributed by atoms with Crippen LogP contribution in [0.2, 0.25) is 0 Å². The van der Waals surface area contributed by atoms with Gasteiger partial charge in [-0.1, -0.05) is 17.7 Å². The molecule has 0 bridgehead atoms. The lowest BCUT2D eigenvalue weighted by molar-refractivity contribution is 0.315. The quantitative estimate of drug-likeness (QED) is 0.752. The van der Waals surface area contributed by atoms with Gasteiger partial charge in [0.25, 0.3) is 0 Å². The number of ether oxygens (including phenoxy) is 1. The topological polar surface area (TPSA) is 55.5 Å². The molecule has 0 saturated carbocycles. The summed E-state index contributed by atoms with van der Waals surface area (Å²) in [7, 11) is 0. The van der Waals surface area contributed by atoms with E-state index in [4.69, 9.17) is 10.5 Å². The number of hydrogen-bond donors (Lipinski definition) is 2. The highest BCUT2D eigenvalue weighted by Crippen LogP contribution is 2.34. The molecule has 0 heterocycles. The molecule has 88 valence electrons. The molecule has 0 spiro atoms. The minimum absolute atomic E-state index is 0.137. The third kappa shape index (κ3) is 3.00.